The molecule has 1 aromatic heterocycles. The zero-order chi connectivity index (χ0) is 20.6. The predicted molar refractivity (Wildman–Crippen MR) is 108 cm³/mol. The van der Waals surface area contributed by atoms with Gasteiger partial charge in [-0.3, -0.25) is 9.69 Å². The monoisotopic (exact) mass is 392 g/mol. The van der Waals surface area contributed by atoms with Crippen LogP contribution in [0.25, 0.3) is 0 Å². The quantitative estimate of drug-likeness (QED) is 0.553. The molecule has 1 amide bonds. The molecule has 1 heterocycles. The van der Waals surface area contributed by atoms with Crippen LogP contribution in [0.4, 0.5) is 11.4 Å². The van der Waals surface area contributed by atoms with E-state index in [1.54, 1.807) is 24.3 Å². The van der Waals surface area contributed by atoms with E-state index >= 15 is 0 Å². The van der Waals surface area contributed by atoms with Crippen molar-refractivity contribution in [3.05, 3.63) is 78.1 Å². The number of carboxylic acids is 1. The van der Waals surface area contributed by atoms with E-state index in [9.17, 15) is 14.7 Å². The maximum absolute atomic E-state index is 11.7. The van der Waals surface area contributed by atoms with Gasteiger partial charge in [0.15, 0.2) is 11.4 Å². The molecule has 0 aliphatic heterocycles. The van der Waals surface area contributed by atoms with Crippen LogP contribution in [0.1, 0.15) is 23.0 Å². The minimum absolute atomic E-state index is 0.0802. The third-order valence-corrected chi connectivity index (χ3v) is 4.09. The van der Waals surface area contributed by atoms with Crippen LogP contribution >= 0.6 is 0 Å². The predicted octanol–water partition coefficient (Wildman–Crippen LogP) is 4.05. The number of anilines is 2. The molecule has 0 saturated carbocycles. The molecule has 0 fully saturated rings. The van der Waals surface area contributed by atoms with Crippen molar-refractivity contribution in [2.24, 2.45) is 0 Å². The summed E-state index contributed by atoms with van der Waals surface area (Å²) in [5.41, 5.74) is 1.63. The first-order valence-electron chi connectivity index (χ1n) is 8.99. The highest BCUT2D eigenvalue weighted by Gasteiger charge is 2.18. The molecule has 0 spiro atoms. The second kappa shape index (κ2) is 9.36. The Hall–Kier alpha value is -3.87. The maximum atomic E-state index is 11.7. The zero-order valence-electron chi connectivity index (χ0n) is 15.8. The summed E-state index contributed by atoms with van der Waals surface area (Å²) < 4.78 is 11.1. The Morgan fingerprint density at radius 2 is 1.79 bits per heavy atom. The minimum Gasteiger partial charge on any atom is -0.494 e. The first-order valence-corrected chi connectivity index (χ1v) is 8.99. The average Bonchev–Trinajstić information content (AvgIpc) is 2.75. The summed E-state index contributed by atoms with van der Waals surface area (Å²) in [6, 6.07) is 17.8. The van der Waals surface area contributed by atoms with E-state index in [-0.39, 0.29) is 18.1 Å². The SMILES string of the molecule is CCOc1ccc(N(C=O)c2cnc(C(=O)O)c(OCc3ccccc3)c2)cc1. The molecule has 3 rings (SSSR count). The summed E-state index contributed by atoms with van der Waals surface area (Å²) in [4.78, 5) is 28.6. The van der Waals surface area contributed by atoms with E-state index in [2.05, 4.69) is 4.98 Å². The molecule has 7 heteroatoms. The molecule has 0 saturated heterocycles. The number of ether oxygens (including phenoxy) is 2. The van der Waals surface area contributed by atoms with Gasteiger partial charge in [-0.05, 0) is 36.8 Å². The number of carboxylic acid groups (broad SMARTS) is 1. The van der Waals surface area contributed by atoms with E-state index < -0.39 is 5.97 Å². The van der Waals surface area contributed by atoms with Crippen LogP contribution in [-0.4, -0.2) is 29.1 Å². The van der Waals surface area contributed by atoms with Gasteiger partial charge >= 0.3 is 5.97 Å². The van der Waals surface area contributed by atoms with Crippen molar-refractivity contribution in [2.75, 3.05) is 11.5 Å². The average molecular weight is 392 g/mol. The third-order valence-electron chi connectivity index (χ3n) is 4.09. The van der Waals surface area contributed by atoms with Crippen LogP contribution in [0.3, 0.4) is 0 Å². The fourth-order valence-corrected chi connectivity index (χ4v) is 2.71. The second-order valence-electron chi connectivity index (χ2n) is 6.02. The van der Waals surface area contributed by atoms with Gasteiger partial charge in [0.05, 0.1) is 18.5 Å². The number of rotatable bonds is 9. The number of carbonyl (C=O) groups is 2. The number of hydrogen-bond donors (Lipinski definition) is 1. The molecule has 0 unspecified atom stereocenters. The van der Waals surface area contributed by atoms with Gasteiger partial charge in [-0.15, -0.1) is 0 Å². The molecule has 7 nitrogen and oxygen atoms in total. The fourth-order valence-electron chi connectivity index (χ4n) is 2.71. The van der Waals surface area contributed by atoms with E-state index in [0.29, 0.717) is 30.1 Å². The van der Waals surface area contributed by atoms with Crippen LogP contribution in [-0.2, 0) is 11.4 Å². The number of aromatic nitrogens is 1. The van der Waals surface area contributed by atoms with Gasteiger partial charge in [0.2, 0.25) is 6.41 Å². The normalized spacial score (nSPS) is 10.2. The van der Waals surface area contributed by atoms with Gasteiger partial charge in [0.1, 0.15) is 12.4 Å². The molecule has 148 valence electrons. The lowest BCUT2D eigenvalue weighted by Crippen LogP contribution is -2.16. The number of benzene rings is 2. The highest BCUT2D eigenvalue weighted by Crippen LogP contribution is 2.30. The molecule has 3 aromatic rings. The Morgan fingerprint density at radius 3 is 2.41 bits per heavy atom. The summed E-state index contributed by atoms with van der Waals surface area (Å²) >= 11 is 0. The van der Waals surface area contributed by atoms with Gasteiger partial charge in [-0.2, -0.15) is 0 Å². The smallest absolute Gasteiger partial charge is 0.358 e. The lowest BCUT2D eigenvalue weighted by atomic mass is 10.2. The van der Waals surface area contributed by atoms with Crippen LogP contribution in [0.5, 0.6) is 11.5 Å². The van der Waals surface area contributed by atoms with E-state index in [1.807, 2.05) is 37.3 Å². The molecule has 0 aliphatic carbocycles. The maximum Gasteiger partial charge on any atom is 0.358 e. The Labute approximate surface area is 168 Å². The summed E-state index contributed by atoms with van der Waals surface area (Å²) in [6.45, 7) is 2.61. The van der Waals surface area contributed by atoms with Gasteiger partial charge in [0.25, 0.3) is 0 Å². The lowest BCUT2D eigenvalue weighted by Gasteiger charge is -2.19. The standard InChI is InChI=1S/C22H20N2O5/c1-2-28-19-10-8-17(9-11-19)24(15-25)18-12-20(21(22(26)27)23-13-18)29-14-16-6-4-3-5-7-16/h3-13,15H,2,14H2,1H3,(H,26,27). The van der Waals surface area contributed by atoms with Gasteiger partial charge in [-0.1, -0.05) is 30.3 Å². The number of aromatic carboxylic acids is 1. The number of carbonyl (C=O) groups excluding carboxylic acids is 1. The fraction of sp³-hybridized carbons (Fsp3) is 0.136. The first kappa shape index (κ1) is 19.9. The molecule has 2 aromatic carbocycles. The third kappa shape index (κ3) is 4.90. The van der Waals surface area contributed by atoms with E-state index in [0.717, 1.165) is 5.56 Å². The molecule has 0 atom stereocenters. The highest BCUT2D eigenvalue weighted by molar-refractivity contribution is 5.91. The number of hydrogen-bond acceptors (Lipinski definition) is 5. The molecular weight excluding hydrogens is 372 g/mol. The molecule has 0 aliphatic rings. The summed E-state index contributed by atoms with van der Waals surface area (Å²) in [6.07, 6.45) is 1.96. The van der Waals surface area contributed by atoms with Gasteiger partial charge in [-0.25, -0.2) is 9.78 Å². The van der Waals surface area contributed by atoms with Crippen molar-refractivity contribution in [3.8, 4) is 11.5 Å². The molecular formula is C22H20N2O5. The summed E-state index contributed by atoms with van der Waals surface area (Å²) in [7, 11) is 0. The van der Waals surface area contributed by atoms with Crippen molar-refractivity contribution in [1.82, 2.24) is 4.98 Å². The zero-order valence-corrected chi connectivity index (χ0v) is 15.8. The Bertz CT molecular complexity index is 974. The topological polar surface area (TPSA) is 89.0 Å². The van der Waals surface area contributed by atoms with Crippen LogP contribution in [0.15, 0.2) is 66.9 Å². The van der Waals surface area contributed by atoms with Crippen molar-refractivity contribution in [2.45, 2.75) is 13.5 Å². The highest BCUT2D eigenvalue weighted by atomic mass is 16.5. The Kier molecular flexibility index (Phi) is 6.42. The van der Waals surface area contributed by atoms with Crippen LogP contribution in [0, 0.1) is 0 Å². The lowest BCUT2D eigenvalue weighted by molar-refractivity contribution is -0.106. The van der Waals surface area contributed by atoms with Gasteiger partial charge in [0, 0.05) is 11.8 Å². The first-order chi connectivity index (χ1) is 14.1. The van der Waals surface area contributed by atoms with Crippen molar-refractivity contribution < 1.29 is 24.2 Å². The van der Waals surface area contributed by atoms with E-state index in [1.165, 1.54) is 17.2 Å². The van der Waals surface area contributed by atoms with Crippen LogP contribution < -0.4 is 14.4 Å². The van der Waals surface area contributed by atoms with Gasteiger partial charge < -0.3 is 14.6 Å². The second-order valence-corrected chi connectivity index (χ2v) is 6.02. The minimum atomic E-state index is -1.21. The molecule has 1 N–H and O–H groups in total. The van der Waals surface area contributed by atoms with Crippen LogP contribution in [0.2, 0.25) is 0 Å². The Balaban J connectivity index is 1.89. The molecule has 0 radical (unpaired) electrons. The Morgan fingerprint density at radius 1 is 1.07 bits per heavy atom. The largest absolute Gasteiger partial charge is 0.494 e. The van der Waals surface area contributed by atoms with Crippen molar-refractivity contribution in [3.63, 3.8) is 0 Å². The number of pyridine rings is 1. The van der Waals surface area contributed by atoms with Crippen molar-refractivity contribution >= 4 is 23.8 Å². The molecule has 29 heavy (non-hydrogen) atoms. The molecule has 0 bridgehead atoms. The number of nitrogens with zero attached hydrogens (tertiary/aromatic N) is 2. The summed E-state index contributed by atoms with van der Waals surface area (Å²) in [5.74, 6) is -0.441. The van der Waals surface area contributed by atoms with E-state index in [4.69, 9.17) is 9.47 Å². The summed E-state index contributed by atoms with van der Waals surface area (Å²) in [5, 5.41) is 9.41. The number of amides is 1. The van der Waals surface area contributed by atoms with Crippen molar-refractivity contribution in [1.29, 1.82) is 0 Å².